The first kappa shape index (κ1) is 18.6. The summed E-state index contributed by atoms with van der Waals surface area (Å²) in [6.07, 6.45) is 0.689. The molecule has 6 nitrogen and oxygen atoms in total. The van der Waals surface area contributed by atoms with Gasteiger partial charge in [-0.3, -0.25) is 13.8 Å². The first-order valence-corrected chi connectivity index (χ1v) is 9.91. The molecular weight excluding hydrogens is 379 g/mol. The van der Waals surface area contributed by atoms with Crippen molar-refractivity contribution < 1.29 is 9.13 Å². The maximum absolute atomic E-state index is 14.0. The Bertz CT molecular complexity index is 1190. The lowest BCUT2D eigenvalue weighted by molar-refractivity contribution is 0.190. The molecule has 0 saturated carbocycles. The zero-order valence-corrected chi connectivity index (χ0v) is 16.2. The second kappa shape index (κ2) is 8.12. The van der Waals surface area contributed by atoms with Crippen LogP contribution in [0, 0.1) is 5.82 Å². The highest BCUT2D eigenvalue weighted by Gasteiger charge is 2.17. The average molecular weight is 398 g/mol. The number of aryl methyl sites for hydroxylation is 1. The van der Waals surface area contributed by atoms with Crippen LogP contribution in [-0.4, -0.2) is 32.9 Å². The van der Waals surface area contributed by atoms with Crippen molar-refractivity contribution in [2.24, 2.45) is 0 Å². The van der Waals surface area contributed by atoms with Gasteiger partial charge in [-0.1, -0.05) is 42.1 Å². The van der Waals surface area contributed by atoms with E-state index in [1.807, 2.05) is 28.7 Å². The number of thioether (sulfide) groups is 1. The Morgan fingerprint density at radius 2 is 1.89 bits per heavy atom. The van der Waals surface area contributed by atoms with Gasteiger partial charge < -0.3 is 4.74 Å². The average Bonchev–Trinajstić information content (AvgIpc) is 3.14. The number of ether oxygens (including phenoxy) is 1. The first-order chi connectivity index (χ1) is 13.7. The summed E-state index contributed by atoms with van der Waals surface area (Å²) >= 11 is 1.39. The SMILES string of the molecule is COCCCn1c(=O)c2ccccc2n2c(SCc3ccccc3F)nnc12. The molecule has 0 bridgehead atoms. The number of fused-ring (bicyclic) bond motifs is 3. The van der Waals surface area contributed by atoms with Gasteiger partial charge >= 0.3 is 0 Å². The zero-order valence-electron chi connectivity index (χ0n) is 15.3. The smallest absolute Gasteiger partial charge is 0.262 e. The normalized spacial score (nSPS) is 11.5. The van der Waals surface area contributed by atoms with Crippen molar-refractivity contribution in [1.82, 2.24) is 19.2 Å². The molecule has 0 saturated heterocycles. The van der Waals surface area contributed by atoms with E-state index in [4.69, 9.17) is 4.74 Å². The van der Waals surface area contributed by atoms with Crippen LogP contribution < -0.4 is 5.56 Å². The number of benzene rings is 2. The van der Waals surface area contributed by atoms with Crippen LogP contribution in [0.25, 0.3) is 16.7 Å². The van der Waals surface area contributed by atoms with Crippen molar-refractivity contribution in [2.45, 2.75) is 23.9 Å². The van der Waals surface area contributed by atoms with E-state index < -0.39 is 0 Å². The predicted molar refractivity (Wildman–Crippen MR) is 107 cm³/mol. The number of aromatic nitrogens is 4. The molecule has 4 aromatic rings. The minimum absolute atomic E-state index is 0.0998. The lowest BCUT2D eigenvalue weighted by atomic mass is 10.2. The second-order valence-electron chi connectivity index (χ2n) is 6.32. The van der Waals surface area contributed by atoms with Crippen LogP contribution in [0.1, 0.15) is 12.0 Å². The topological polar surface area (TPSA) is 61.4 Å². The monoisotopic (exact) mass is 398 g/mol. The molecule has 0 aliphatic heterocycles. The predicted octanol–water partition coefficient (Wildman–Crippen LogP) is 3.51. The number of halogens is 1. The Labute approximate surface area is 165 Å². The van der Waals surface area contributed by atoms with Crippen LogP contribution in [0.5, 0.6) is 0 Å². The Kier molecular flexibility index (Phi) is 5.40. The molecule has 0 spiro atoms. The molecule has 28 heavy (non-hydrogen) atoms. The summed E-state index contributed by atoms with van der Waals surface area (Å²) in [6.45, 7) is 1.03. The quantitative estimate of drug-likeness (QED) is 0.352. The minimum Gasteiger partial charge on any atom is -0.385 e. The van der Waals surface area contributed by atoms with Crippen molar-refractivity contribution >= 4 is 28.4 Å². The number of nitrogens with zero attached hydrogens (tertiary/aromatic N) is 4. The fraction of sp³-hybridized carbons (Fsp3) is 0.250. The van der Waals surface area contributed by atoms with Gasteiger partial charge in [0.05, 0.1) is 10.9 Å². The first-order valence-electron chi connectivity index (χ1n) is 8.92. The van der Waals surface area contributed by atoms with Crippen LogP contribution in [0.4, 0.5) is 4.39 Å². The highest BCUT2D eigenvalue weighted by Crippen LogP contribution is 2.25. The Hall–Kier alpha value is -2.71. The van der Waals surface area contributed by atoms with E-state index in [9.17, 15) is 9.18 Å². The fourth-order valence-electron chi connectivity index (χ4n) is 3.15. The van der Waals surface area contributed by atoms with Gasteiger partial charge in [0.15, 0.2) is 5.16 Å². The molecule has 0 amide bonds. The lowest BCUT2D eigenvalue weighted by Crippen LogP contribution is -2.24. The number of rotatable bonds is 7. The molecule has 2 heterocycles. The number of hydrogen-bond donors (Lipinski definition) is 0. The van der Waals surface area contributed by atoms with Crippen LogP contribution in [0.15, 0.2) is 58.5 Å². The molecule has 0 aliphatic carbocycles. The Morgan fingerprint density at radius 1 is 1.11 bits per heavy atom. The Balaban J connectivity index is 1.80. The molecule has 0 aliphatic rings. The van der Waals surface area contributed by atoms with Crippen molar-refractivity contribution in [2.75, 3.05) is 13.7 Å². The fourth-order valence-corrected chi connectivity index (χ4v) is 4.08. The summed E-state index contributed by atoms with van der Waals surface area (Å²) in [4.78, 5) is 13.0. The molecule has 8 heteroatoms. The van der Waals surface area contributed by atoms with Crippen LogP contribution in [0.3, 0.4) is 0 Å². The third kappa shape index (κ3) is 3.41. The third-order valence-electron chi connectivity index (χ3n) is 4.52. The van der Waals surface area contributed by atoms with Crippen molar-refractivity contribution in [3.63, 3.8) is 0 Å². The van der Waals surface area contributed by atoms with Gasteiger partial charge in [0, 0.05) is 26.0 Å². The van der Waals surface area contributed by atoms with Crippen molar-refractivity contribution in [1.29, 1.82) is 0 Å². The van der Waals surface area contributed by atoms with Crippen LogP contribution in [-0.2, 0) is 17.0 Å². The molecule has 4 rings (SSSR count). The van der Waals surface area contributed by atoms with E-state index in [2.05, 4.69) is 10.2 Å². The van der Waals surface area contributed by atoms with Crippen molar-refractivity contribution in [3.8, 4) is 0 Å². The van der Waals surface area contributed by atoms with Crippen molar-refractivity contribution in [3.05, 3.63) is 70.3 Å². The minimum atomic E-state index is -0.245. The summed E-state index contributed by atoms with van der Waals surface area (Å²) in [5.74, 6) is 0.658. The largest absolute Gasteiger partial charge is 0.385 e. The summed E-state index contributed by atoms with van der Waals surface area (Å²) in [5, 5.41) is 9.76. The van der Waals surface area contributed by atoms with Gasteiger partial charge in [0.2, 0.25) is 5.78 Å². The summed E-state index contributed by atoms with van der Waals surface area (Å²) in [7, 11) is 1.63. The lowest BCUT2D eigenvalue weighted by Gasteiger charge is -2.11. The van der Waals surface area contributed by atoms with E-state index in [0.717, 1.165) is 5.52 Å². The van der Waals surface area contributed by atoms with E-state index in [-0.39, 0.29) is 11.4 Å². The number of hydrogen-bond acceptors (Lipinski definition) is 5. The van der Waals surface area contributed by atoms with Gasteiger partial charge in [-0.15, -0.1) is 10.2 Å². The summed E-state index contributed by atoms with van der Waals surface area (Å²) < 4.78 is 22.6. The highest BCUT2D eigenvalue weighted by molar-refractivity contribution is 7.98. The molecule has 144 valence electrons. The highest BCUT2D eigenvalue weighted by atomic mass is 32.2. The second-order valence-corrected chi connectivity index (χ2v) is 7.26. The van der Waals surface area contributed by atoms with Gasteiger partial charge in [-0.05, 0) is 30.2 Å². The summed E-state index contributed by atoms with van der Waals surface area (Å²) in [5.41, 5.74) is 1.24. The van der Waals surface area contributed by atoms with Crippen LogP contribution >= 0.6 is 11.8 Å². The maximum Gasteiger partial charge on any atom is 0.262 e. The van der Waals surface area contributed by atoms with Gasteiger partial charge in [0.25, 0.3) is 5.56 Å². The maximum atomic E-state index is 14.0. The molecule has 2 aromatic heterocycles. The number of para-hydroxylation sites is 1. The van der Waals surface area contributed by atoms with E-state index in [1.165, 1.54) is 17.8 Å². The Morgan fingerprint density at radius 3 is 2.71 bits per heavy atom. The van der Waals surface area contributed by atoms with Gasteiger partial charge in [0.1, 0.15) is 5.82 Å². The van der Waals surface area contributed by atoms with E-state index in [0.29, 0.717) is 47.2 Å². The van der Waals surface area contributed by atoms with Crippen LogP contribution in [0.2, 0.25) is 0 Å². The standard InChI is InChI=1S/C20H19FN4O2S/c1-27-12-6-11-24-18(26)15-8-3-5-10-17(15)25-19(24)22-23-20(25)28-13-14-7-2-4-9-16(14)21/h2-5,7-10H,6,11-13H2,1H3. The third-order valence-corrected chi connectivity index (χ3v) is 5.50. The molecule has 0 radical (unpaired) electrons. The molecule has 0 N–H and O–H groups in total. The van der Waals surface area contributed by atoms with E-state index in [1.54, 1.807) is 29.9 Å². The number of methoxy groups -OCH3 is 1. The molecule has 0 fully saturated rings. The van der Waals surface area contributed by atoms with E-state index >= 15 is 0 Å². The summed E-state index contributed by atoms with van der Waals surface area (Å²) in [6, 6.07) is 14.1. The van der Waals surface area contributed by atoms with Gasteiger partial charge in [-0.2, -0.15) is 0 Å². The van der Waals surface area contributed by atoms with Gasteiger partial charge in [-0.25, -0.2) is 4.39 Å². The zero-order chi connectivity index (χ0) is 19.5. The molecular formula is C20H19FN4O2S. The molecule has 0 atom stereocenters. The molecule has 2 aromatic carbocycles. The molecule has 0 unspecified atom stereocenters.